The van der Waals surface area contributed by atoms with Crippen LogP contribution in [0.1, 0.15) is 114 Å². The standard InChI is InChI=1S/C20H25FN2O2.C19H24N2O2/c1-13-3-2-4-15(9-13)20(25)22-11-18-17-10-16(21)6-5-14(17)7-8-23(18)19(24)12-22;22-18-13-20(19(23)15-7-2-1-3-8-15)12-17-16-9-5-4-6-14(16)10-11-21(17)18/h5-6,10,13,15,18H,2-4,7-9,11-12H2,1H3;4-6,9,15,17H,1-3,7-8,10-13H2/t13?,15?,18-;17-/m00/s1/i2D2,3D2,13D;1D2,2D2,3D2. The molecule has 4 atom stereocenters. The number of hydrogen-bond donors (Lipinski definition) is 0. The van der Waals surface area contributed by atoms with Gasteiger partial charge in [-0.1, -0.05) is 69.1 Å². The highest BCUT2D eigenvalue weighted by atomic mass is 19.1. The Kier molecular flexibility index (Phi) is 6.44. The van der Waals surface area contributed by atoms with E-state index in [0.717, 1.165) is 23.1 Å². The summed E-state index contributed by atoms with van der Waals surface area (Å²) in [6, 6.07) is 11.6. The summed E-state index contributed by atoms with van der Waals surface area (Å²) in [5.74, 6) is -5.38. The molecule has 8 nitrogen and oxygen atoms in total. The van der Waals surface area contributed by atoms with Gasteiger partial charge in [0.05, 0.1) is 25.2 Å². The topological polar surface area (TPSA) is 81.2 Å². The first-order valence-electron chi connectivity index (χ1n) is 22.3. The van der Waals surface area contributed by atoms with E-state index in [2.05, 4.69) is 0 Å². The second kappa shape index (κ2) is 14.0. The Labute approximate surface area is 299 Å². The Morgan fingerprint density at radius 2 is 1.35 bits per heavy atom. The van der Waals surface area contributed by atoms with Crippen molar-refractivity contribution in [3.05, 3.63) is 70.5 Å². The van der Waals surface area contributed by atoms with E-state index in [1.54, 1.807) is 15.9 Å². The highest BCUT2D eigenvalue weighted by Crippen LogP contribution is 2.37. The molecule has 48 heavy (non-hydrogen) atoms. The molecule has 2 unspecified atom stereocenters. The normalized spacial score (nSPS) is 37.4. The van der Waals surface area contributed by atoms with Crippen LogP contribution in [0.15, 0.2) is 42.5 Å². The summed E-state index contributed by atoms with van der Waals surface area (Å²) in [7, 11) is 0. The van der Waals surface area contributed by atoms with E-state index in [4.69, 9.17) is 15.1 Å². The quantitative estimate of drug-likeness (QED) is 0.427. The second-order valence-electron chi connectivity index (χ2n) is 13.5. The molecule has 0 bridgehead atoms. The summed E-state index contributed by atoms with van der Waals surface area (Å²) < 4.78 is 102. The summed E-state index contributed by atoms with van der Waals surface area (Å²) in [6.07, 6.45) is -12.2. The fourth-order valence-corrected chi connectivity index (χ4v) is 7.87. The molecule has 4 aliphatic heterocycles. The van der Waals surface area contributed by atoms with Crippen LogP contribution in [0, 0.1) is 23.5 Å². The molecule has 2 saturated heterocycles. The smallest absolute Gasteiger partial charge is 0.242 e. The monoisotopic (exact) mass is 667 g/mol. The van der Waals surface area contributed by atoms with Gasteiger partial charge in [-0.3, -0.25) is 19.2 Å². The number of fused-ring (bicyclic) bond motifs is 6. The number of halogens is 1. The molecular formula is C39H49FN4O4. The molecule has 8 rings (SSSR count). The third-order valence-electron chi connectivity index (χ3n) is 10.4. The van der Waals surface area contributed by atoms with Gasteiger partial charge in [0.1, 0.15) is 5.82 Å². The third-order valence-corrected chi connectivity index (χ3v) is 10.4. The summed E-state index contributed by atoms with van der Waals surface area (Å²) in [4.78, 5) is 58.1. The molecular weight excluding hydrogens is 607 g/mol. The first-order chi connectivity index (χ1) is 27.3. The highest BCUT2D eigenvalue weighted by molar-refractivity contribution is 5.88. The molecule has 6 aliphatic rings. The maximum atomic E-state index is 13.9. The Balaban J connectivity index is 0.000000179. The van der Waals surface area contributed by atoms with Gasteiger partial charge in [0.25, 0.3) is 0 Å². The molecule has 0 N–H and O–H groups in total. The minimum Gasteiger partial charge on any atom is -0.332 e. The van der Waals surface area contributed by atoms with Crippen LogP contribution in [0.25, 0.3) is 0 Å². The Morgan fingerprint density at radius 1 is 0.771 bits per heavy atom. The van der Waals surface area contributed by atoms with Gasteiger partial charge in [0.2, 0.25) is 23.6 Å². The van der Waals surface area contributed by atoms with Crippen molar-refractivity contribution in [2.75, 3.05) is 39.3 Å². The number of carbonyl (C=O) groups excluding carboxylic acids is 4. The predicted molar refractivity (Wildman–Crippen MR) is 180 cm³/mol. The Bertz CT molecular complexity index is 2010. The highest BCUT2D eigenvalue weighted by Gasteiger charge is 2.42. The van der Waals surface area contributed by atoms with Crippen LogP contribution in [0.4, 0.5) is 4.39 Å². The average molecular weight is 668 g/mol. The molecule has 4 heterocycles. The molecule has 2 saturated carbocycles. The largest absolute Gasteiger partial charge is 0.332 e. The van der Waals surface area contributed by atoms with Crippen molar-refractivity contribution in [3.8, 4) is 0 Å². The summed E-state index contributed by atoms with van der Waals surface area (Å²) in [5.41, 5.74) is 3.79. The maximum absolute atomic E-state index is 13.9. The minimum absolute atomic E-state index is 0.104. The number of carbonyl (C=O) groups is 4. The lowest BCUT2D eigenvalue weighted by molar-refractivity contribution is -0.152. The van der Waals surface area contributed by atoms with Gasteiger partial charge in [-0.15, -0.1) is 0 Å². The fraction of sp³-hybridized carbons (Fsp3) is 0.590. The Hall–Kier alpha value is -3.75. The van der Waals surface area contributed by atoms with E-state index in [9.17, 15) is 23.6 Å². The van der Waals surface area contributed by atoms with Crippen LogP contribution in [0.3, 0.4) is 0 Å². The van der Waals surface area contributed by atoms with E-state index in [1.165, 1.54) is 28.9 Å². The number of rotatable bonds is 2. The van der Waals surface area contributed by atoms with Gasteiger partial charge in [-0.05, 0) is 78.8 Å². The van der Waals surface area contributed by atoms with Crippen molar-refractivity contribution in [3.63, 3.8) is 0 Å². The van der Waals surface area contributed by atoms with Gasteiger partial charge in [-0.25, -0.2) is 4.39 Å². The van der Waals surface area contributed by atoms with Crippen LogP contribution in [0.2, 0.25) is 0 Å². The Morgan fingerprint density at radius 3 is 2.02 bits per heavy atom. The SMILES string of the molecule is [2H]C1([2H])CC(C(=O)N2CC(=O)N3CCc4ccc(F)cc4[C@@H]3C2)CC([2H])(C)C1([2H])[2H].[2H]C1([2H])CC(C(=O)N2CC(=O)N3CCc4ccccc4[C@@H]3C2)CC([2H])([2H])C1([2H])[2H]. The number of nitrogens with zero attached hydrogens (tertiary/aromatic N) is 4. The summed E-state index contributed by atoms with van der Waals surface area (Å²) in [5, 5.41) is 0. The van der Waals surface area contributed by atoms with Gasteiger partial charge in [0.15, 0.2) is 0 Å². The van der Waals surface area contributed by atoms with Crippen LogP contribution in [-0.2, 0) is 32.0 Å². The zero-order valence-electron chi connectivity index (χ0n) is 38.1. The van der Waals surface area contributed by atoms with E-state index in [0.29, 0.717) is 25.1 Å². The molecule has 0 radical (unpaired) electrons. The van der Waals surface area contributed by atoms with E-state index in [-0.39, 0.29) is 56.9 Å². The number of amides is 4. The average Bonchev–Trinajstić information content (AvgIpc) is 3.15. The maximum Gasteiger partial charge on any atom is 0.242 e. The molecule has 0 aromatic heterocycles. The van der Waals surface area contributed by atoms with E-state index >= 15 is 0 Å². The molecule has 2 aromatic rings. The minimum atomic E-state index is -2.69. The van der Waals surface area contributed by atoms with Crippen molar-refractivity contribution < 1.29 is 38.6 Å². The summed E-state index contributed by atoms with van der Waals surface area (Å²) in [6.45, 7) is 2.64. The van der Waals surface area contributed by atoms with Crippen LogP contribution >= 0.6 is 0 Å². The molecule has 0 spiro atoms. The molecule has 256 valence electrons. The van der Waals surface area contributed by atoms with Crippen molar-refractivity contribution in [2.45, 2.75) is 89.4 Å². The van der Waals surface area contributed by atoms with E-state index in [1.807, 2.05) is 24.3 Å². The van der Waals surface area contributed by atoms with Crippen molar-refractivity contribution in [1.82, 2.24) is 19.6 Å². The fourth-order valence-electron chi connectivity index (χ4n) is 7.87. The van der Waals surface area contributed by atoms with Gasteiger partial charge in [-0.2, -0.15) is 0 Å². The van der Waals surface area contributed by atoms with Crippen molar-refractivity contribution in [1.29, 1.82) is 0 Å². The summed E-state index contributed by atoms with van der Waals surface area (Å²) >= 11 is 0. The zero-order valence-corrected chi connectivity index (χ0v) is 27.1. The second-order valence-corrected chi connectivity index (χ2v) is 13.5. The molecule has 2 aliphatic carbocycles. The lowest BCUT2D eigenvalue weighted by Crippen LogP contribution is -2.56. The molecule has 4 amide bonds. The van der Waals surface area contributed by atoms with Crippen molar-refractivity contribution >= 4 is 23.6 Å². The van der Waals surface area contributed by atoms with Crippen molar-refractivity contribution in [2.24, 2.45) is 17.7 Å². The lowest BCUT2D eigenvalue weighted by Gasteiger charge is -2.45. The zero-order chi connectivity index (χ0) is 43.2. The van der Waals surface area contributed by atoms with Crippen LogP contribution < -0.4 is 0 Å². The van der Waals surface area contributed by atoms with E-state index < -0.39 is 86.1 Å². The van der Waals surface area contributed by atoms with Gasteiger partial charge in [0, 0.05) is 53.1 Å². The third kappa shape index (κ3) is 6.61. The predicted octanol–water partition coefficient (Wildman–Crippen LogP) is 5.45. The molecule has 9 heteroatoms. The number of benzene rings is 2. The van der Waals surface area contributed by atoms with Crippen LogP contribution in [-0.4, -0.2) is 82.5 Å². The number of hydrogen-bond acceptors (Lipinski definition) is 4. The lowest BCUT2D eigenvalue weighted by atomic mass is 9.81. The molecule has 2 aromatic carbocycles. The van der Waals surface area contributed by atoms with Crippen LogP contribution in [0.5, 0.6) is 0 Å². The number of piperazine rings is 2. The van der Waals surface area contributed by atoms with Gasteiger partial charge < -0.3 is 19.6 Å². The first kappa shape index (κ1) is 22.1. The molecule has 4 fully saturated rings. The first-order valence-corrected chi connectivity index (χ1v) is 16.8. The van der Waals surface area contributed by atoms with Gasteiger partial charge >= 0.3 is 0 Å².